The maximum atomic E-state index is 5.83. The average molecular weight is 302 g/mol. The SMILES string of the molecule is CCCCc1nnc2sc(COc3ccccc3C)nn12. The summed E-state index contributed by atoms with van der Waals surface area (Å²) in [7, 11) is 0. The fourth-order valence-electron chi connectivity index (χ4n) is 2.10. The number of hydrogen-bond acceptors (Lipinski definition) is 5. The molecule has 1 aromatic carbocycles. The Morgan fingerprint density at radius 2 is 2.10 bits per heavy atom. The van der Waals surface area contributed by atoms with Crippen LogP contribution in [0, 0.1) is 6.92 Å². The summed E-state index contributed by atoms with van der Waals surface area (Å²) < 4.78 is 7.67. The van der Waals surface area contributed by atoms with E-state index < -0.39 is 0 Å². The van der Waals surface area contributed by atoms with Gasteiger partial charge in [-0.1, -0.05) is 42.9 Å². The second kappa shape index (κ2) is 6.22. The zero-order valence-corrected chi connectivity index (χ0v) is 13.1. The van der Waals surface area contributed by atoms with Gasteiger partial charge in [0.15, 0.2) is 10.8 Å². The van der Waals surface area contributed by atoms with Crippen LogP contribution in [-0.4, -0.2) is 19.8 Å². The minimum Gasteiger partial charge on any atom is -0.486 e. The van der Waals surface area contributed by atoms with Crippen LogP contribution >= 0.6 is 11.3 Å². The van der Waals surface area contributed by atoms with Crippen molar-refractivity contribution < 1.29 is 4.74 Å². The van der Waals surface area contributed by atoms with Crippen molar-refractivity contribution in [2.75, 3.05) is 0 Å². The summed E-state index contributed by atoms with van der Waals surface area (Å²) in [6.45, 7) is 4.67. The smallest absolute Gasteiger partial charge is 0.234 e. The molecule has 110 valence electrons. The van der Waals surface area contributed by atoms with Crippen LogP contribution < -0.4 is 4.74 Å². The highest BCUT2D eigenvalue weighted by atomic mass is 32.1. The minimum absolute atomic E-state index is 0.464. The van der Waals surface area contributed by atoms with Crippen LogP contribution in [0.1, 0.15) is 36.2 Å². The van der Waals surface area contributed by atoms with Gasteiger partial charge in [-0.2, -0.15) is 9.61 Å². The lowest BCUT2D eigenvalue weighted by Crippen LogP contribution is -2.00. The van der Waals surface area contributed by atoms with E-state index in [-0.39, 0.29) is 0 Å². The Morgan fingerprint density at radius 3 is 2.90 bits per heavy atom. The average Bonchev–Trinajstić information content (AvgIpc) is 3.05. The first-order valence-electron chi connectivity index (χ1n) is 7.16. The van der Waals surface area contributed by atoms with Crippen molar-refractivity contribution in [1.82, 2.24) is 19.8 Å². The monoisotopic (exact) mass is 302 g/mol. The number of benzene rings is 1. The highest BCUT2D eigenvalue weighted by Gasteiger charge is 2.11. The van der Waals surface area contributed by atoms with Crippen molar-refractivity contribution >= 4 is 16.3 Å². The molecule has 0 spiro atoms. The molecule has 0 N–H and O–H groups in total. The number of aromatic nitrogens is 4. The Morgan fingerprint density at radius 1 is 1.24 bits per heavy atom. The maximum Gasteiger partial charge on any atom is 0.234 e. The quantitative estimate of drug-likeness (QED) is 0.700. The van der Waals surface area contributed by atoms with Gasteiger partial charge >= 0.3 is 0 Å². The second-order valence-electron chi connectivity index (χ2n) is 4.96. The van der Waals surface area contributed by atoms with Gasteiger partial charge in [-0.05, 0) is 25.0 Å². The normalized spacial score (nSPS) is 11.1. The molecule has 0 saturated heterocycles. The molecule has 0 bridgehead atoms. The highest BCUT2D eigenvalue weighted by molar-refractivity contribution is 7.16. The number of fused-ring (bicyclic) bond motifs is 1. The number of para-hydroxylation sites is 1. The lowest BCUT2D eigenvalue weighted by atomic mass is 10.2. The fraction of sp³-hybridized carbons (Fsp3) is 0.400. The topological polar surface area (TPSA) is 52.3 Å². The Bertz CT molecular complexity index is 734. The minimum atomic E-state index is 0.464. The summed E-state index contributed by atoms with van der Waals surface area (Å²) in [4.78, 5) is 0.837. The molecule has 0 amide bonds. The standard InChI is InChI=1S/C15H18N4OS/c1-3-4-9-13-16-17-15-19(13)18-14(21-15)10-20-12-8-6-5-7-11(12)2/h5-8H,3-4,9-10H2,1-2H3. The molecule has 0 saturated carbocycles. The van der Waals surface area contributed by atoms with Crippen LogP contribution in [-0.2, 0) is 13.0 Å². The summed E-state index contributed by atoms with van der Waals surface area (Å²) in [6, 6.07) is 7.99. The molecule has 5 nitrogen and oxygen atoms in total. The molecular weight excluding hydrogens is 284 g/mol. The third-order valence-electron chi connectivity index (χ3n) is 3.30. The molecule has 2 aromatic heterocycles. The largest absolute Gasteiger partial charge is 0.486 e. The Labute approximate surface area is 127 Å². The van der Waals surface area contributed by atoms with Crippen molar-refractivity contribution in [1.29, 1.82) is 0 Å². The highest BCUT2D eigenvalue weighted by Crippen LogP contribution is 2.20. The molecule has 0 fully saturated rings. The lowest BCUT2D eigenvalue weighted by molar-refractivity contribution is 0.302. The summed E-state index contributed by atoms with van der Waals surface area (Å²) in [6.07, 6.45) is 3.16. The van der Waals surface area contributed by atoms with Gasteiger partial charge in [-0.3, -0.25) is 0 Å². The molecule has 3 aromatic rings. The van der Waals surface area contributed by atoms with Gasteiger partial charge in [0, 0.05) is 6.42 Å². The van der Waals surface area contributed by atoms with Gasteiger partial charge in [0.1, 0.15) is 12.4 Å². The van der Waals surface area contributed by atoms with E-state index in [4.69, 9.17) is 4.74 Å². The van der Waals surface area contributed by atoms with Crippen molar-refractivity contribution in [2.45, 2.75) is 39.7 Å². The van der Waals surface area contributed by atoms with E-state index in [9.17, 15) is 0 Å². The van der Waals surface area contributed by atoms with Gasteiger partial charge < -0.3 is 4.74 Å². The molecule has 3 rings (SSSR count). The Hall–Kier alpha value is -1.95. The summed E-state index contributed by atoms with van der Waals surface area (Å²) in [5.41, 5.74) is 1.13. The molecule has 0 aliphatic rings. The van der Waals surface area contributed by atoms with Crippen molar-refractivity contribution in [3.05, 3.63) is 40.7 Å². The molecule has 2 heterocycles. The molecule has 0 aliphatic heterocycles. The van der Waals surface area contributed by atoms with Gasteiger partial charge in [-0.15, -0.1) is 10.2 Å². The molecule has 21 heavy (non-hydrogen) atoms. The number of aryl methyl sites for hydroxylation is 2. The summed E-state index contributed by atoms with van der Waals surface area (Å²) in [5.74, 6) is 1.83. The van der Waals surface area contributed by atoms with Crippen LogP contribution in [0.3, 0.4) is 0 Å². The van der Waals surface area contributed by atoms with Crippen LogP contribution in [0.2, 0.25) is 0 Å². The molecular formula is C15H18N4OS. The Balaban J connectivity index is 1.73. The van der Waals surface area contributed by atoms with Crippen molar-refractivity contribution in [2.24, 2.45) is 0 Å². The van der Waals surface area contributed by atoms with Crippen molar-refractivity contribution in [3.8, 4) is 5.75 Å². The van der Waals surface area contributed by atoms with E-state index in [1.165, 1.54) is 11.3 Å². The van der Waals surface area contributed by atoms with Crippen LogP contribution in [0.15, 0.2) is 24.3 Å². The van der Waals surface area contributed by atoms with Crippen LogP contribution in [0.25, 0.3) is 4.96 Å². The number of ether oxygens (including phenoxy) is 1. The first-order valence-corrected chi connectivity index (χ1v) is 7.98. The Kier molecular flexibility index (Phi) is 4.15. The van der Waals surface area contributed by atoms with E-state index in [1.54, 1.807) is 0 Å². The van der Waals surface area contributed by atoms with E-state index in [2.05, 4.69) is 22.2 Å². The predicted molar refractivity (Wildman–Crippen MR) is 82.8 cm³/mol. The zero-order valence-electron chi connectivity index (χ0n) is 12.2. The van der Waals surface area contributed by atoms with Gasteiger partial charge in [0.2, 0.25) is 4.96 Å². The zero-order chi connectivity index (χ0) is 14.7. The number of hydrogen-bond donors (Lipinski definition) is 0. The number of unbranched alkanes of at least 4 members (excludes halogenated alkanes) is 1. The number of rotatable bonds is 6. The lowest BCUT2D eigenvalue weighted by Gasteiger charge is -2.06. The molecule has 0 radical (unpaired) electrons. The van der Waals surface area contributed by atoms with E-state index in [0.29, 0.717) is 6.61 Å². The first-order chi connectivity index (χ1) is 10.3. The van der Waals surface area contributed by atoms with Crippen LogP contribution in [0.5, 0.6) is 5.75 Å². The summed E-state index contributed by atoms with van der Waals surface area (Å²) >= 11 is 1.53. The van der Waals surface area contributed by atoms with E-state index in [1.807, 2.05) is 35.7 Å². The van der Waals surface area contributed by atoms with Crippen molar-refractivity contribution in [3.63, 3.8) is 0 Å². The van der Waals surface area contributed by atoms with E-state index >= 15 is 0 Å². The first kappa shape index (κ1) is 14.0. The van der Waals surface area contributed by atoms with Crippen LogP contribution in [0.4, 0.5) is 0 Å². The summed E-state index contributed by atoms with van der Waals surface area (Å²) in [5, 5.41) is 13.8. The molecule has 6 heteroatoms. The molecule has 0 atom stereocenters. The predicted octanol–water partition coefficient (Wildman–Crippen LogP) is 3.42. The fourth-order valence-corrected chi connectivity index (χ4v) is 2.87. The second-order valence-corrected chi connectivity index (χ2v) is 6.00. The number of nitrogens with zero attached hydrogens (tertiary/aromatic N) is 4. The third kappa shape index (κ3) is 3.05. The molecule has 0 unspecified atom stereocenters. The maximum absolute atomic E-state index is 5.83. The van der Waals surface area contributed by atoms with Gasteiger partial charge in [0.25, 0.3) is 0 Å². The third-order valence-corrected chi connectivity index (χ3v) is 4.17. The van der Waals surface area contributed by atoms with E-state index in [0.717, 1.165) is 46.4 Å². The van der Waals surface area contributed by atoms with Gasteiger partial charge in [0.05, 0.1) is 0 Å². The van der Waals surface area contributed by atoms with Gasteiger partial charge in [-0.25, -0.2) is 0 Å². The molecule has 0 aliphatic carbocycles.